The van der Waals surface area contributed by atoms with Gasteiger partial charge in [-0.15, -0.1) is 0 Å². The highest BCUT2D eigenvalue weighted by Gasteiger charge is 2.95. The van der Waals surface area contributed by atoms with Gasteiger partial charge in [-0.25, -0.2) is 0 Å². The van der Waals surface area contributed by atoms with Gasteiger partial charge in [-0.2, -0.15) is 74.6 Å². The Hall–Kier alpha value is -1.10. The molecule has 5 nitrogen and oxygen atoms in total. The largest absolute Gasteiger partial charge is 1.00 e. The zero-order chi connectivity index (χ0) is 40.9. The molecular formula is C30H47ClF17NO4. The minimum atomic E-state index is -8.60. The molecule has 0 aromatic carbocycles. The van der Waals surface area contributed by atoms with E-state index in [9.17, 15) is 74.6 Å². The summed E-state index contributed by atoms with van der Waals surface area (Å²) in [6.45, 7) is 3.28. The summed E-state index contributed by atoms with van der Waals surface area (Å²) in [6.07, 6.45) is -8.28. The highest BCUT2D eigenvalue weighted by atomic mass is 35.5. The van der Waals surface area contributed by atoms with Crippen LogP contribution in [-0.4, -0.2) is 133 Å². The number of alkyl halides is 17. The van der Waals surface area contributed by atoms with Gasteiger partial charge in [0.05, 0.1) is 54.2 Å². The van der Waals surface area contributed by atoms with Crippen molar-refractivity contribution in [2.24, 2.45) is 0 Å². The van der Waals surface area contributed by atoms with Gasteiger partial charge in [-0.3, -0.25) is 0 Å². The van der Waals surface area contributed by atoms with E-state index in [0.717, 1.165) is 17.4 Å². The van der Waals surface area contributed by atoms with Crippen LogP contribution >= 0.6 is 0 Å². The first-order valence-electron chi connectivity index (χ1n) is 16.2. The maximum Gasteiger partial charge on any atom is 0.460 e. The van der Waals surface area contributed by atoms with E-state index in [-0.39, 0.29) is 38.0 Å². The van der Waals surface area contributed by atoms with Gasteiger partial charge in [0.2, 0.25) is 0 Å². The fourth-order valence-corrected chi connectivity index (χ4v) is 4.31. The van der Waals surface area contributed by atoms with Gasteiger partial charge in [0, 0.05) is 20.1 Å². The third kappa shape index (κ3) is 14.4. The lowest BCUT2D eigenvalue weighted by molar-refractivity contribution is -0.870. The second kappa shape index (κ2) is 21.4. The quantitative estimate of drug-likeness (QED) is 0.0480. The molecule has 0 fully saturated rings. The topological polar surface area (TPSA) is 36.9 Å². The van der Waals surface area contributed by atoms with Crippen LogP contribution in [0.5, 0.6) is 0 Å². The molecule has 0 aromatic rings. The van der Waals surface area contributed by atoms with E-state index in [2.05, 4.69) is 0 Å². The number of methoxy groups -OCH3 is 1. The Balaban J connectivity index is 0. The van der Waals surface area contributed by atoms with Crippen molar-refractivity contribution >= 4 is 0 Å². The minimum absolute atomic E-state index is 0. The molecule has 0 saturated heterocycles. The summed E-state index contributed by atoms with van der Waals surface area (Å²) in [6, 6.07) is 0. The molecular weight excluding hydrogens is 797 g/mol. The fraction of sp³-hybridized carbons (Fsp3) is 1.00. The molecule has 23 heteroatoms. The molecule has 0 aliphatic carbocycles. The number of likely N-dealkylation sites (N-methyl/N-ethyl adjacent to an activating group) is 1. The van der Waals surface area contributed by atoms with E-state index in [1.165, 1.54) is 7.11 Å². The molecule has 0 aliphatic rings. The van der Waals surface area contributed by atoms with Crippen molar-refractivity contribution in [3.05, 3.63) is 0 Å². The number of nitrogens with zero attached hydrogens (tertiary/aromatic N) is 1. The summed E-state index contributed by atoms with van der Waals surface area (Å²) >= 11 is 0. The summed E-state index contributed by atoms with van der Waals surface area (Å²) in [4.78, 5) is 0. The molecule has 0 saturated carbocycles. The third-order valence-corrected chi connectivity index (χ3v) is 7.79. The van der Waals surface area contributed by atoms with Gasteiger partial charge < -0.3 is 35.8 Å². The van der Waals surface area contributed by atoms with E-state index in [1.807, 2.05) is 21.1 Å². The smallest absolute Gasteiger partial charge is 0.460 e. The lowest BCUT2D eigenvalue weighted by Crippen LogP contribution is -3.00. The average molecular weight is 844 g/mol. The van der Waals surface area contributed by atoms with E-state index < -0.39 is 60.5 Å². The minimum Gasteiger partial charge on any atom is -1.00 e. The monoisotopic (exact) mass is 843 g/mol. The molecule has 0 heterocycles. The average Bonchev–Trinajstić information content (AvgIpc) is 2.99. The summed E-state index contributed by atoms with van der Waals surface area (Å²) in [7, 11) is 7.65. The van der Waals surface area contributed by atoms with Crippen LogP contribution in [0.15, 0.2) is 0 Å². The molecule has 0 bridgehead atoms. The first-order valence-corrected chi connectivity index (χ1v) is 16.2. The second-order valence-electron chi connectivity index (χ2n) is 13.2. The number of quaternary nitrogens is 1. The molecule has 1 atom stereocenters. The van der Waals surface area contributed by atoms with Crippen molar-refractivity contribution in [3.63, 3.8) is 0 Å². The summed E-state index contributed by atoms with van der Waals surface area (Å²) in [5, 5.41) is 0. The summed E-state index contributed by atoms with van der Waals surface area (Å²) < 4.78 is 250. The fourth-order valence-electron chi connectivity index (χ4n) is 4.31. The molecule has 0 spiro atoms. The van der Waals surface area contributed by atoms with Crippen molar-refractivity contribution in [2.75, 3.05) is 74.4 Å². The Kier molecular flexibility index (Phi) is 21.8. The van der Waals surface area contributed by atoms with Gasteiger partial charge in [0.15, 0.2) is 0 Å². The molecule has 0 radical (unpaired) electrons. The number of unbranched alkanes of at least 4 members (excludes halogenated alkanes) is 8. The number of ether oxygens (including phenoxy) is 4. The van der Waals surface area contributed by atoms with Crippen LogP contribution in [-0.2, 0) is 18.9 Å². The van der Waals surface area contributed by atoms with Crippen LogP contribution in [0.2, 0.25) is 0 Å². The number of halogens is 18. The molecule has 1 unspecified atom stereocenters. The zero-order valence-electron chi connectivity index (χ0n) is 29.5. The van der Waals surface area contributed by atoms with Gasteiger partial charge in [-0.1, -0.05) is 44.9 Å². The predicted molar refractivity (Wildman–Crippen MR) is 153 cm³/mol. The van der Waals surface area contributed by atoms with E-state index >= 15 is 0 Å². The van der Waals surface area contributed by atoms with Crippen LogP contribution in [0.3, 0.4) is 0 Å². The van der Waals surface area contributed by atoms with Crippen molar-refractivity contribution in [3.8, 4) is 0 Å². The third-order valence-electron chi connectivity index (χ3n) is 7.79. The van der Waals surface area contributed by atoms with Gasteiger partial charge >= 0.3 is 47.6 Å². The van der Waals surface area contributed by atoms with E-state index in [4.69, 9.17) is 18.9 Å². The Morgan fingerprint density at radius 3 is 1.21 bits per heavy atom. The Bertz CT molecular complexity index is 1010. The predicted octanol–water partition coefficient (Wildman–Crippen LogP) is 6.67. The SMILES string of the molecule is COC(COCCCCCCCCCCCC(F)(F)C(F)(F)C(F)(F)C(F)(F)C(F)(F)C(F)(F)C(F)(F)C(F)(F)F)COCCOCC[N+](C)(C)C.[Cl-]. The number of rotatable bonds is 29. The molecule has 0 aliphatic heterocycles. The molecule has 0 rings (SSSR count). The standard InChI is InChI=1S/C30H47F17NO4.ClH/c1-48(2,3)15-17-50-18-19-52-21-22(49-4)20-51-16-13-11-9-7-5-6-8-10-12-14-23(31,32)24(33,34)25(35,36)26(37,38)27(39,40)28(41,42)29(43,44)30(45,46)47;/h22H,5-21H2,1-4H3;1H/q+1;/p-1. The van der Waals surface area contributed by atoms with Crippen molar-refractivity contribution in [1.29, 1.82) is 0 Å². The maximum absolute atomic E-state index is 14.0. The Morgan fingerprint density at radius 2 is 0.792 bits per heavy atom. The number of hydrogen-bond acceptors (Lipinski definition) is 4. The highest BCUT2D eigenvalue weighted by molar-refractivity contribution is 5.15. The van der Waals surface area contributed by atoms with Crippen LogP contribution in [0.1, 0.15) is 64.2 Å². The van der Waals surface area contributed by atoms with Crippen LogP contribution < -0.4 is 12.4 Å². The second-order valence-corrected chi connectivity index (χ2v) is 13.2. The van der Waals surface area contributed by atoms with Crippen LogP contribution in [0.4, 0.5) is 74.6 Å². The van der Waals surface area contributed by atoms with Crippen molar-refractivity contribution in [2.45, 2.75) is 118 Å². The first-order chi connectivity index (χ1) is 23.4. The van der Waals surface area contributed by atoms with Gasteiger partial charge in [0.1, 0.15) is 12.6 Å². The Labute approximate surface area is 303 Å². The maximum atomic E-state index is 14.0. The van der Waals surface area contributed by atoms with E-state index in [1.54, 1.807) is 0 Å². The lowest BCUT2D eigenvalue weighted by atomic mass is 9.87. The summed E-state index contributed by atoms with van der Waals surface area (Å²) in [5.74, 6) is -55.9. The van der Waals surface area contributed by atoms with Crippen molar-refractivity contribution in [1.82, 2.24) is 0 Å². The normalized spacial score (nSPS) is 15.1. The van der Waals surface area contributed by atoms with E-state index in [0.29, 0.717) is 65.1 Å². The van der Waals surface area contributed by atoms with Gasteiger partial charge in [-0.05, 0) is 12.8 Å². The van der Waals surface area contributed by atoms with Crippen LogP contribution in [0.25, 0.3) is 0 Å². The highest BCUT2D eigenvalue weighted by Crippen LogP contribution is 2.64. The molecule has 0 amide bonds. The first kappa shape index (κ1) is 54.0. The molecule has 0 N–H and O–H groups in total. The summed E-state index contributed by atoms with van der Waals surface area (Å²) in [5.41, 5.74) is 0. The number of hydrogen-bond donors (Lipinski definition) is 0. The zero-order valence-corrected chi connectivity index (χ0v) is 30.2. The molecule has 0 aromatic heterocycles. The lowest BCUT2D eigenvalue weighted by Gasteiger charge is -2.42. The van der Waals surface area contributed by atoms with Gasteiger partial charge in [0.25, 0.3) is 0 Å². The Morgan fingerprint density at radius 1 is 0.434 bits per heavy atom. The van der Waals surface area contributed by atoms with Crippen molar-refractivity contribution < 1.29 is 110 Å². The molecule has 322 valence electrons. The van der Waals surface area contributed by atoms with Crippen LogP contribution in [0, 0.1) is 0 Å². The molecule has 53 heavy (non-hydrogen) atoms.